The Morgan fingerprint density at radius 2 is 1.88 bits per heavy atom. The number of rotatable bonds is 6. The van der Waals surface area contributed by atoms with E-state index < -0.39 is 6.04 Å². The molecule has 0 aliphatic carbocycles. The number of hydrogen-bond donors (Lipinski definition) is 1. The number of carbonyl (C=O) groups is 2. The second kappa shape index (κ2) is 7.77. The zero-order valence-electron chi connectivity index (χ0n) is 13.6. The molecule has 24 heavy (non-hydrogen) atoms. The summed E-state index contributed by atoms with van der Waals surface area (Å²) in [5.41, 5.74) is 1.04. The van der Waals surface area contributed by atoms with E-state index in [1.54, 1.807) is 23.1 Å². The van der Waals surface area contributed by atoms with Gasteiger partial charge in [0.05, 0.1) is 0 Å². The van der Waals surface area contributed by atoms with Gasteiger partial charge in [-0.3, -0.25) is 14.3 Å². The maximum Gasteiger partial charge on any atom is 0.245 e. The van der Waals surface area contributed by atoms with Crippen LogP contribution in [0.15, 0.2) is 48.8 Å². The first-order chi connectivity index (χ1) is 11.7. The molecule has 1 aliphatic rings. The normalized spacial score (nSPS) is 15.2. The lowest BCUT2D eigenvalue weighted by atomic mass is 10.0. The van der Waals surface area contributed by atoms with Crippen molar-refractivity contribution in [3.05, 3.63) is 54.4 Å². The maximum atomic E-state index is 12.8. The van der Waals surface area contributed by atoms with E-state index in [1.807, 2.05) is 35.2 Å². The summed E-state index contributed by atoms with van der Waals surface area (Å²) in [4.78, 5) is 26.9. The van der Waals surface area contributed by atoms with Crippen LogP contribution in [0.1, 0.15) is 18.4 Å². The smallest absolute Gasteiger partial charge is 0.245 e. The minimum atomic E-state index is -0.534. The van der Waals surface area contributed by atoms with E-state index in [0.29, 0.717) is 6.42 Å². The Bertz CT molecular complexity index is 664. The van der Waals surface area contributed by atoms with Gasteiger partial charge in [-0.25, -0.2) is 0 Å². The zero-order chi connectivity index (χ0) is 16.8. The van der Waals surface area contributed by atoms with Gasteiger partial charge in [-0.05, 0) is 24.5 Å². The van der Waals surface area contributed by atoms with Gasteiger partial charge in [-0.2, -0.15) is 5.10 Å². The van der Waals surface area contributed by atoms with Gasteiger partial charge >= 0.3 is 0 Å². The average Bonchev–Trinajstić information content (AvgIpc) is 3.28. The lowest BCUT2D eigenvalue weighted by Crippen LogP contribution is -2.49. The number of nitrogens with one attached hydrogen (secondary N) is 1. The minimum Gasteiger partial charge on any atom is -0.342 e. The van der Waals surface area contributed by atoms with Crippen LogP contribution in [0.5, 0.6) is 0 Å². The molecule has 1 N–H and O–H groups in total. The van der Waals surface area contributed by atoms with Crippen molar-refractivity contribution in [2.45, 2.75) is 31.8 Å². The van der Waals surface area contributed by atoms with Gasteiger partial charge in [0.2, 0.25) is 11.8 Å². The summed E-state index contributed by atoms with van der Waals surface area (Å²) in [6.45, 7) is 1.67. The fourth-order valence-corrected chi connectivity index (χ4v) is 2.99. The Kier molecular flexibility index (Phi) is 5.25. The molecule has 1 fully saturated rings. The van der Waals surface area contributed by atoms with Gasteiger partial charge in [-0.1, -0.05) is 30.3 Å². The summed E-state index contributed by atoms with van der Waals surface area (Å²) < 4.78 is 1.55. The highest BCUT2D eigenvalue weighted by molar-refractivity contribution is 5.88. The highest BCUT2D eigenvalue weighted by Crippen LogP contribution is 2.12. The molecule has 0 saturated carbocycles. The first kappa shape index (κ1) is 16.2. The largest absolute Gasteiger partial charge is 0.342 e. The number of likely N-dealkylation sites (tertiary alicyclic amines) is 1. The molecule has 0 bridgehead atoms. The zero-order valence-corrected chi connectivity index (χ0v) is 13.6. The van der Waals surface area contributed by atoms with E-state index >= 15 is 0 Å². The molecule has 1 aliphatic heterocycles. The molecule has 2 aromatic rings. The van der Waals surface area contributed by atoms with E-state index in [9.17, 15) is 9.59 Å². The molecular formula is C18H22N4O2. The van der Waals surface area contributed by atoms with Crippen LogP contribution in [-0.2, 0) is 22.6 Å². The quantitative estimate of drug-likeness (QED) is 0.868. The van der Waals surface area contributed by atoms with Crippen LogP contribution in [-0.4, -0.2) is 45.6 Å². The molecule has 0 radical (unpaired) electrons. The van der Waals surface area contributed by atoms with Gasteiger partial charge in [0, 0.05) is 31.9 Å². The first-order valence-corrected chi connectivity index (χ1v) is 8.32. The summed E-state index contributed by atoms with van der Waals surface area (Å²) in [6.07, 6.45) is 5.93. The molecular weight excluding hydrogens is 304 g/mol. The molecule has 1 atom stereocenters. The van der Waals surface area contributed by atoms with Crippen molar-refractivity contribution in [3.8, 4) is 0 Å². The standard InChI is InChI=1S/C18H22N4O2/c23-17(14-22-12-6-9-19-22)20-16(13-15-7-2-1-3-8-15)18(24)21-10-4-5-11-21/h1-3,6-9,12,16H,4-5,10-11,13-14H2,(H,20,23)/t16-/m0/s1. The minimum absolute atomic E-state index is 0.00479. The van der Waals surface area contributed by atoms with Crippen LogP contribution in [0.4, 0.5) is 0 Å². The molecule has 1 aromatic carbocycles. The van der Waals surface area contributed by atoms with Crippen molar-refractivity contribution in [1.82, 2.24) is 20.0 Å². The summed E-state index contributed by atoms with van der Waals surface area (Å²) in [7, 11) is 0. The molecule has 126 valence electrons. The monoisotopic (exact) mass is 326 g/mol. The Balaban J connectivity index is 1.68. The average molecular weight is 326 g/mol. The highest BCUT2D eigenvalue weighted by Gasteiger charge is 2.28. The molecule has 1 aromatic heterocycles. The van der Waals surface area contributed by atoms with E-state index in [2.05, 4.69) is 10.4 Å². The molecule has 2 amide bonds. The third-order valence-electron chi connectivity index (χ3n) is 4.20. The van der Waals surface area contributed by atoms with Gasteiger partial charge in [-0.15, -0.1) is 0 Å². The summed E-state index contributed by atoms with van der Waals surface area (Å²) in [5.74, 6) is -0.197. The topological polar surface area (TPSA) is 67.2 Å². The van der Waals surface area contributed by atoms with E-state index in [-0.39, 0.29) is 18.4 Å². The molecule has 3 rings (SSSR count). The van der Waals surface area contributed by atoms with Crippen LogP contribution in [0.3, 0.4) is 0 Å². The van der Waals surface area contributed by atoms with Crippen LogP contribution in [0.25, 0.3) is 0 Å². The molecule has 2 heterocycles. The van der Waals surface area contributed by atoms with Crippen LogP contribution >= 0.6 is 0 Å². The first-order valence-electron chi connectivity index (χ1n) is 8.32. The Labute approximate surface area is 141 Å². The number of nitrogens with zero attached hydrogens (tertiary/aromatic N) is 3. The highest BCUT2D eigenvalue weighted by atomic mass is 16.2. The van der Waals surface area contributed by atoms with Crippen molar-refractivity contribution in [3.63, 3.8) is 0 Å². The second-order valence-corrected chi connectivity index (χ2v) is 6.05. The lowest BCUT2D eigenvalue weighted by Gasteiger charge is -2.24. The van der Waals surface area contributed by atoms with E-state index in [4.69, 9.17) is 0 Å². The predicted octanol–water partition coefficient (Wildman–Crippen LogP) is 1.23. The Morgan fingerprint density at radius 1 is 1.12 bits per heavy atom. The third-order valence-corrected chi connectivity index (χ3v) is 4.20. The summed E-state index contributed by atoms with van der Waals surface area (Å²) >= 11 is 0. The van der Waals surface area contributed by atoms with Gasteiger partial charge in [0.25, 0.3) is 0 Å². The number of hydrogen-bond acceptors (Lipinski definition) is 3. The van der Waals surface area contributed by atoms with Gasteiger partial charge in [0.15, 0.2) is 0 Å². The van der Waals surface area contributed by atoms with Crippen LogP contribution < -0.4 is 5.32 Å². The van der Waals surface area contributed by atoms with Crippen LogP contribution in [0.2, 0.25) is 0 Å². The Morgan fingerprint density at radius 3 is 2.54 bits per heavy atom. The fourth-order valence-electron chi connectivity index (χ4n) is 2.99. The van der Waals surface area contributed by atoms with Crippen molar-refractivity contribution in [1.29, 1.82) is 0 Å². The predicted molar refractivity (Wildman–Crippen MR) is 90.1 cm³/mol. The van der Waals surface area contributed by atoms with E-state index in [0.717, 1.165) is 31.5 Å². The second-order valence-electron chi connectivity index (χ2n) is 6.05. The molecule has 0 unspecified atom stereocenters. The van der Waals surface area contributed by atoms with Gasteiger partial charge in [0.1, 0.15) is 12.6 Å². The fraction of sp³-hybridized carbons (Fsp3) is 0.389. The third kappa shape index (κ3) is 4.22. The number of carbonyl (C=O) groups excluding carboxylic acids is 2. The number of amides is 2. The molecule has 1 saturated heterocycles. The Hall–Kier alpha value is -2.63. The van der Waals surface area contributed by atoms with Gasteiger partial charge < -0.3 is 10.2 Å². The van der Waals surface area contributed by atoms with Crippen LogP contribution in [0, 0.1) is 0 Å². The van der Waals surface area contributed by atoms with Crippen molar-refractivity contribution < 1.29 is 9.59 Å². The summed E-state index contributed by atoms with van der Waals surface area (Å²) in [5, 5.41) is 6.92. The molecule has 6 heteroatoms. The maximum absolute atomic E-state index is 12.8. The van der Waals surface area contributed by atoms with E-state index in [1.165, 1.54) is 0 Å². The van der Waals surface area contributed by atoms with Crippen molar-refractivity contribution >= 4 is 11.8 Å². The summed E-state index contributed by atoms with van der Waals surface area (Å²) in [6, 6.07) is 11.0. The van der Waals surface area contributed by atoms with Crippen molar-refractivity contribution in [2.75, 3.05) is 13.1 Å². The number of aromatic nitrogens is 2. The molecule has 6 nitrogen and oxygen atoms in total. The molecule has 0 spiro atoms. The number of benzene rings is 1. The van der Waals surface area contributed by atoms with Crippen molar-refractivity contribution in [2.24, 2.45) is 0 Å². The lowest BCUT2D eigenvalue weighted by molar-refractivity contribution is -0.135. The SMILES string of the molecule is O=C(Cn1cccn1)N[C@@H](Cc1ccccc1)C(=O)N1CCCC1.